The first-order valence-electron chi connectivity index (χ1n) is 9.66. The van der Waals surface area contributed by atoms with Crippen molar-refractivity contribution in [2.45, 2.75) is 77.4 Å². The van der Waals surface area contributed by atoms with E-state index in [2.05, 4.69) is 46.6 Å². The second kappa shape index (κ2) is 9.87. The first-order valence-corrected chi connectivity index (χ1v) is 9.66. The second-order valence-corrected chi connectivity index (χ2v) is 7.25. The van der Waals surface area contributed by atoms with Crippen molar-refractivity contribution >= 4 is 11.9 Å². The summed E-state index contributed by atoms with van der Waals surface area (Å²) in [6.45, 7) is 10.5. The lowest BCUT2D eigenvalue weighted by Gasteiger charge is -2.35. The number of piperidine rings is 1. The van der Waals surface area contributed by atoms with Gasteiger partial charge in [-0.2, -0.15) is 0 Å². The number of guanidine groups is 1. The van der Waals surface area contributed by atoms with E-state index < -0.39 is 0 Å². The van der Waals surface area contributed by atoms with E-state index in [0.717, 1.165) is 57.7 Å². The molecule has 0 unspecified atom stereocenters. The molecule has 2 rings (SSSR count). The fourth-order valence-electron chi connectivity index (χ4n) is 3.03. The first kappa shape index (κ1) is 19.0. The highest BCUT2D eigenvalue weighted by molar-refractivity contribution is 5.80. The minimum Gasteiger partial charge on any atom is -0.357 e. The number of carbonyl (C=O) groups excluding carboxylic acids is 1. The molecule has 1 amide bonds. The number of carbonyl (C=O) groups is 1. The van der Waals surface area contributed by atoms with E-state index in [-0.39, 0.29) is 5.91 Å². The molecule has 0 bridgehead atoms. The highest BCUT2D eigenvalue weighted by Crippen LogP contribution is 2.18. The molecule has 6 heteroatoms. The summed E-state index contributed by atoms with van der Waals surface area (Å²) in [4.78, 5) is 18.8. The van der Waals surface area contributed by atoms with Gasteiger partial charge in [0.2, 0.25) is 5.91 Å². The van der Waals surface area contributed by atoms with Crippen LogP contribution in [0.2, 0.25) is 0 Å². The highest BCUT2D eigenvalue weighted by atomic mass is 16.1. The lowest BCUT2D eigenvalue weighted by Crippen LogP contribution is -2.49. The van der Waals surface area contributed by atoms with Crippen LogP contribution in [0.1, 0.15) is 59.3 Å². The largest absolute Gasteiger partial charge is 0.357 e. The Bertz CT molecular complexity index is 412. The number of amides is 1. The van der Waals surface area contributed by atoms with E-state index in [1.807, 2.05) is 0 Å². The normalized spacial score (nSPS) is 20.2. The summed E-state index contributed by atoms with van der Waals surface area (Å²) in [7, 11) is 0. The number of nitrogens with zero attached hydrogens (tertiary/aromatic N) is 2. The highest BCUT2D eigenvalue weighted by Gasteiger charge is 2.23. The van der Waals surface area contributed by atoms with Gasteiger partial charge in [-0.05, 0) is 52.9 Å². The molecule has 0 aromatic carbocycles. The van der Waals surface area contributed by atoms with Crippen LogP contribution in [0.15, 0.2) is 4.99 Å². The third kappa shape index (κ3) is 7.07. The Morgan fingerprint density at radius 1 is 1.12 bits per heavy atom. The van der Waals surface area contributed by atoms with Crippen LogP contribution in [-0.2, 0) is 4.79 Å². The van der Waals surface area contributed by atoms with E-state index in [1.165, 1.54) is 0 Å². The lowest BCUT2D eigenvalue weighted by molar-refractivity contribution is -0.121. The van der Waals surface area contributed by atoms with Crippen LogP contribution in [0.4, 0.5) is 0 Å². The predicted molar refractivity (Wildman–Crippen MR) is 99.2 cm³/mol. The number of likely N-dealkylation sites (tertiary alicyclic amines) is 1. The van der Waals surface area contributed by atoms with Crippen LogP contribution in [0.25, 0.3) is 0 Å². The van der Waals surface area contributed by atoms with Crippen molar-refractivity contribution in [2.75, 3.05) is 26.2 Å². The predicted octanol–water partition coefficient (Wildman–Crippen LogP) is 1.47. The van der Waals surface area contributed by atoms with Crippen LogP contribution in [0.3, 0.4) is 0 Å². The van der Waals surface area contributed by atoms with Gasteiger partial charge in [0.05, 0.1) is 0 Å². The molecule has 3 N–H and O–H groups in total. The molecule has 1 saturated carbocycles. The van der Waals surface area contributed by atoms with Gasteiger partial charge in [0.15, 0.2) is 5.96 Å². The van der Waals surface area contributed by atoms with Crippen molar-refractivity contribution in [3.05, 3.63) is 0 Å². The number of nitrogens with one attached hydrogen (secondary N) is 3. The minimum atomic E-state index is 0.173. The van der Waals surface area contributed by atoms with Gasteiger partial charge in [0, 0.05) is 50.7 Å². The van der Waals surface area contributed by atoms with Gasteiger partial charge in [-0.25, -0.2) is 0 Å². The fourth-order valence-corrected chi connectivity index (χ4v) is 3.03. The third-order valence-electron chi connectivity index (χ3n) is 4.72. The van der Waals surface area contributed by atoms with E-state index in [4.69, 9.17) is 0 Å². The molecular formula is C18H35N5O. The topological polar surface area (TPSA) is 68.8 Å². The first-order chi connectivity index (χ1) is 11.6. The zero-order valence-corrected chi connectivity index (χ0v) is 15.6. The number of hydrogen-bond acceptors (Lipinski definition) is 3. The van der Waals surface area contributed by atoms with Crippen molar-refractivity contribution < 1.29 is 4.79 Å². The SMILES string of the molecule is CCNC(=NCCCC(=O)NC1CC1)NC1CCN(C(C)C)CC1. The molecule has 0 radical (unpaired) electrons. The Morgan fingerprint density at radius 2 is 1.79 bits per heavy atom. The van der Waals surface area contributed by atoms with Gasteiger partial charge in [0.1, 0.15) is 0 Å². The van der Waals surface area contributed by atoms with Crippen molar-refractivity contribution in [3.8, 4) is 0 Å². The average molecular weight is 338 g/mol. The average Bonchev–Trinajstić information content (AvgIpc) is 3.36. The van der Waals surface area contributed by atoms with Gasteiger partial charge in [-0.1, -0.05) is 0 Å². The summed E-state index contributed by atoms with van der Waals surface area (Å²) in [5.74, 6) is 1.06. The summed E-state index contributed by atoms with van der Waals surface area (Å²) >= 11 is 0. The molecule has 6 nitrogen and oxygen atoms in total. The van der Waals surface area contributed by atoms with Crippen molar-refractivity contribution in [1.29, 1.82) is 0 Å². The second-order valence-electron chi connectivity index (χ2n) is 7.25. The van der Waals surface area contributed by atoms with E-state index >= 15 is 0 Å². The van der Waals surface area contributed by atoms with E-state index in [9.17, 15) is 4.79 Å². The van der Waals surface area contributed by atoms with Gasteiger partial charge >= 0.3 is 0 Å². The Labute approximate surface area is 146 Å². The fraction of sp³-hybridized carbons (Fsp3) is 0.889. The maximum Gasteiger partial charge on any atom is 0.220 e. The van der Waals surface area contributed by atoms with Gasteiger partial charge in [-0.3, -0.25) is 9.79 Å². The third-order valence-corrected chi connectivity index (χ3v) is 4.72. The van der Waals surface area contributed by atoms with E-state index in [1.54, 1.807) is 0 Å². The molecule has 1 aliphatic heterocycles. The molecular weight excluding hydrogens is 302 g/mol. The van der Waals surface area contributed by atoms with Gasteiger partial charge in [0.25, 0.3) is 0 Å². The summed E-state index contributed by atoms with van der Waals surface area (Å²) in [6.07, 6.45) is 5.99. The number of hydrogen-bond donors (Lipinski definition) is 3. The molecule has 0 atom stereocenters. The zero-order chi connectivity index (χ0) is 17.4. The molecule has 0 aromatic heterocycles. The maximum absolute atomic E-state index is 11.7. The van der Waals surface area contributed by atoms with Crippen molar-refractivity contribution in [2.24, 2.45) is 4.99 Å². The smallest absolute Gasteiger partial charge is 0.220 e. The standard InChI is InChI=1S/C18H35N5O/c1-4-19-18(20-11-5-6-17(24)21-15-7-8-15)22-16-9-12-23(13-10-16)14(2)3/h14-16H,4-13H2,1-3H3,(H,21,24)(H2,19,20,22). The number of aliphatic imine (C=N–C) groups is 1. The summed E-state index contributed by atoms with van der Waals surface area (Å²) in [5.41, 5.74) is 0. The Morgan fingerprint density at radius 3 is 2.38 bits per heavy atom. The van der Waals surface area contributed by atoms with Gasteiger partial charge in [-0.15, -0.1) is 0 Å². The Balaban J connectivity index is 1.67. The maximum atomic E-state index is 11.7. The van der Waals surface area contributed by atoms with Crippen LogP contribution >= 0.6 is 0 Å². The zero-order valence-electron chi connectivity index (χ0n) is 15.6. The molecule has 1 saturated heterocycles. The van der Waals surface area contributed by atoms with Crippen molar-refractivity contribution in [3.63, 3.8) is 0 Å². The summed E-state index contributed by atoms with van der Waals surface area (Å²) < 4.78 is 0. The Hall–Kier alpha value is -1.30. The van der Waals surface area contributed by atoms with E-state index in [0.29, 0.717) is 31.1 Å². The quantitative estimate of drug-likeness (QED) is 0.356. The monoisotopic (exact) mass is 337 g/mol. The number of rotatable bonds is 8. The molecule has 138 valence electrons. The summed E-state index contributed by atoms with van der Waals surface area (Å²) in [5, 5.41) is 9.90. The molecule has 0 spiro atoms. The van der Waals surface area contributed by atoms with Crippen LogP contribution in [0, 0.1) is 0 Å². The van der Waals surface area contributed by atoms with Crippen molar-refractivity contribution in [1.82, 2.24) is 20.9 Å². The van der Waals surface area contributed by atoms with Crippen LogP contribution in [-0.4, -0.2) is 61.1 Å². The molecule has 1 heterocycles. The minimum absolute atomic E-state index is 0.173. The van der Waals surface area contributed by atoms with Gasteiger partial charge < -0.3 is 20.9 Å². The molecule has 2 fully saturated rings. The summed E-state index contributed by atoms with van der Waals surface area (Å²) in [6, 6.07) is 1.59. The Kier molecular flexibility index (Phi) is 7.82. The lowest BCUT2D eigenvalue weighted by atomic mass is 10.0. The molecule has 24 heavy (non-hydrogen) atoms. The molecule has 2 aliphatic rings. The van der Waals surface area contributed by atoms with Crippen LogP contribution < -0.4 is 16.0 Å². The van der Waals surface area contributed by atoms with Crippen LogP contribution in [0.5, 0.6) is 0 Å². The molecule has 0 aromatic rings. The molecule has 1 aliphatic carbocycles.